The van der Waals surface area contributed by atoms with Gasteiger partial charge in [-0.05, 0) is 36.4 Å². The maximum Gasteiger partial charge on any atom is 0.323 e. The molecule has 0 fully saturated rings. The number of nitrogens with two attached hydrogens (primary N) is 1. The first-order chi connectivity index (χ1) is 10.2. The van der Waals surface area contributed by atoms with E-state index in [0.29, 0.717) is 11.4 Å². The number of carbonyl (C=O) groups is 1. The van der Waals surface area contributed by atoms with Crippen LogP contribution in [0.5, 0.6) is 0 Å². The van der Waals surface area contributed by atoms with E-state index in [1.165, 1.54) is 18.2 Å². The van der Waals surface area contributed by atoms with E-state index in [1.807, 2.05) is 6.07 Å². The summed E-state index contributed by atoms with van der Waals surface area (Å²) in [4.78, 5) is 11.8. The topological polar surface area (TPSA) is 67.1 Å². The first-order valence-corrected chi connectivity index (χ1v) is 6.30. The van der Waals surface area contributed by atoms with Crippen LogP contribution in [0.25, 0.3) is 0 Å². The lowest BCUT2D eigenvalue weighted by molar-refractivity contribution is 0.262. The van der Waals surface area contributed by atoms with Crippen molar-refractivity contribution in [3.05, 3.63) is 59.9 Å². The molecule has 0 aliphatic carbocycles. The fourth-order valence-electron chi connectivity index (χ4n) is 1.69. The number of halogens is 1. The number of urea groups is 1. The average molecular weight is 283 g/mol. The molecule has 0 unspecified atom stereocenters. The van der Waals surface area contributed by atoms with E-state index in [9.17, 15) is 9.18 Å². The monoisotopic (exact) mass is 283 g/mol. The van der Waals surface area contributed by atoms with Crippen LogP contribution < -0.4 is 16.4 Å². The molecule has 0 aliphatic heterocycles. The van der Waals surface area contributed by atoms with E-state index in [-0.39, 0.29) is 6.54 Å². The number of hydrogen-bond acceptors (Lipinski definition) is 2. The molecule has 2 amide bonds. The Morgan fingerprint density at radius 1 is 1.10 bits per heavy atom. The van der Waals surface area contributed by atoms with Crippen LogP contribution in [0.15, 0.2) is 48.5 Å². The number of anilines is 2. The molecule has 21 heavy (non-hydrogen) atoms. The Labute approximate surface area is 122 Å². The molecular weight excluding hydrogens is 269 g/mol. The Hall–Kier alpha value is -2.84. The molecule has 0 atom stereocenters. The zero-order valence-corrected chi connectivity index (χ0v) is 11.2. The van der Waals surface area contributed by atoms with Crippen LogP contribution in [-0.2, 0) is 0 Å². The zero-order chi connectivity index (χ0) is 15.1. The Morgan fingerprint density at radius 2 is 1.76 bits per heavy atom. The maximum atomic E-state index is 13.0. The lowest BCUT2D eigenvalue weighted by Crippen LogP contribution is -2.19. The van der Waals surface area contributed by atoms with E-state index in [4.69, 9.17) is 5.73 Å². The molecule has 2 aromatic rings. The van der Waals surface area contributed by atoms with E-state index >= 15 is 0 Å². The van der Waals surface area contributed by atoms with Crippen LogP contribution in [0, 0.1) is 17.7 Å². The van der Waals surface area contributed by atoms with Crippen molar-refractivity contribution in [1.29, 1.82) is 0 Å². The molecule has 106 valence electrons. The van der Waals surface area contributed by atoms with Gasteiger partial charge in [0.2, 0.25) is 0 Å². The summed E-state index contributed by atoms with van der Waals surface area (Å²) < 4.78 is 13.0. The van der Waals surface area contributed by atoms with Gasteiger partial charge >= 0.3 is 6.03 Å². The summed E-state index contributed by atoms with van der Waals surface area (Å²) in [5.74, 6) is 5.21. The molecule has 0 bridgehead atoms. The maximum absolute atomic E-state index is 13.0. The SMILES string of the molecule is NCC#Cc1cccc(NC(=O)Nc2cccc(F)c2)c1. The minimum absolute atomic E-state index is 0.276. The zero-order valence-electron chi connectivity index (χ0n) is 11.2. The van der Waals surface area contributed by atoms with Crippen LogP contribution in [-0.4, -0.2) is 12.6 Å². The molecular formula is C16H14FN3O. The molecule has 4 N–H and O–H groups in total. The molecule has 4 nitrogen and oxygen atoms in total. The third kappa shape index (κ3) is 4.64. The highest BCUT2D eigenvalue weighted by Crippen LogP contribution is 2.12. The minimum atomic E-state index is -0.454. The van der Waals surface area contributed by atoms with Gasteiger partial charge in [-0.1, -0.05) is 24.0 Å². The number of rotatable bonds is 2. The molecule has 0 aliphatic rings. The highest BCUT2D eigenvalue weighted by Gasteiger charge is 2.03. The van der Waals surface area contributed by atoms with Gasteiger partial charge in [0.15, 0.2) is 0 Å². The number of benzene rings is 2. The number of nitrogens with one attached hydrogen (secondary N) is 2. The third-order valence-corrected chi connectivity index (χ3v) is 2.54. The lowest BCUT2D eigenvalue weighted by atomic mass is 10.2. The van der Waals surface area contributed by atoms with Crippen LogP contribution in [0.4, 0.5) is 20.6 Å². The fraction of sp³-hybridized carbons (Fsp3) is 0.0625. The minimum Gasteiger partial charge on any atom is -0.320 e. The smallest absolute Gasteiger partial charge is 0.320 e. The molecule has 0 heterocycles. The van der Waals surface area contributed by atoms with Crippen molar-refractivity contribution >= 4 is 17.4 Å². The van der Waals surface area contributed by atoms with Crippen LogP contribution >= 0.6 is 0 Å². The Bertz CT molecular complexity index is 704. The third-order valence-electron chi connectivity index (χ3n) is 2.54. The second-order valence-corrected chi connectivity index (χ2v) is 4.18. The van der Waals surface area contributed by atoms with E-state index < -0.39 is 11.8 Å². The largest absolute Gasteiger partial charge is 0.323 e. The normalized spacial score (nSPS) is 9.43. The van der Waals surface area contributed by atoms with Gasteiger partial charge in [-0.25, -0.2) is 9.18 Å². The van der Waals surface area contributed by atoms with Crippen molar-refractivity contribution in [2.45, 2.75) is 0 Å². The van der Waals surface area contributed by atoms with Crippen molar-refractivity contribution in [2.24, 2.45) is 5.73 Å². The average Bonchev–Trinajstić information content (AvgIpc) is 2.45. The molecule has 2 aromatic carbocycles. The standard InChI is InChI=1S/C16H14FN3O/c17-13-6-2-8-15(11-13)20-16(21)19-14-7-1-4-12(10-14)5-3-9-18/h1-2,4,6-8,10-11H,9,18H2,(H2,19,20,21). The van der Waals surface area contributed by atoms with E-state index in [1.54, 1.807) is 24.3 Å². The second-order valence-electron chi connectivity index (χ2n) is 4.18. The summed E-state index contributed by atoms with van der Waals surface area (Å²) in [6, 6.07) is 12.3. The Kier molecular flexibility index (Phi) is 4.91. The van der Waals surface area contributed by atoms with Gasteiger partial charge in [-0.2, -0.15) is 0 Å². The van der Waals surface area contributed by atoms with Crippen LogP contribution in [0.3, 0.4) is 0 Å². The first-order valence-electron chi connectivity index (χ1n) is 6.30. The predicted molar refractivity (Wildman–Crippen MR) is 81.4 cm³/mol. The summed E-state index contributed by atoms with van der Waals surface area (Å²) in [7, 11) is 0. The molecule has 0 radical (unpaired) electrons. The quantitative estimate of drug-likeness (QED) is 0.742. The van der Waals surface area contributed by atoms with Gasteiger partial charge in [0.1, 0.15) is 5.82 Å². The van der Waals surface area contributed by atoms with Crippen molar-refractivity contribution in [2.75, 3.05) is 17.2 Å². The van der Waals surface area contributed by atoms with Gasteiger partial charge in [0.05, 0.1) is 6.54 Å². The molecule has 0 saturated carbocycles. The number of carbonyl (C=O) groups excluding carboxylic acids is 1. The molecule has 2 rings (SSSR count). The Balaban J connectivity index is 2.02. The summed E-state index contributed by atoms with van der Waals surface area (Å²) in [6.45, 7) is 0.276. The molecule has 0 spiro atoms. The van der Waals surface area contributed by atoms with Crippen molar-refractivity contribution in [1.82, 2.24) is 0 Å². The van der Waals surface area contributed by atoms with Crippen molar-refractivity contribution in [3.63, 3.8) is 0 Å². The summed E-state index contributed by atoms with van der Waals surface area (Å²) >= 11 is 0. The summed E-state index contributed by atoms with van der Waals surface area (Å²) in [5, 5.41) is 5.20. The van der Waals surface area contributed by atoms with Gasteiger partial charge in [-0.3, -0.25) is 0 Å². The molecule has 0 saturated heterocycles. The van der Waals surface area contributed by atoms with E-state index in [2.05, 4.69) is 22.5 Å². The van der Waals surface area contributed by atoms with Gasteiger partial charge in [0.25, 0.3) is 0 Å². The second kappa shape index (κ2) is 7.08. The molecule has 5 heteroatoms. The number of hydrogen-bond donors (Lipinski definition) is 3. The van der Waals surface area contributed by atoms with Crippen molar-refractivity contribution < 1.29 is 9.18 Å². The Morgan fingerprint density at radius 3 is 2.43 bits per heavy atom. The first kappa shape index (κ1) is 14.6. The number of amides is 2. The summed E-state index contributed by atoms with van der Waals surface area (Å²) in [5.41, 5.74) is 7.03. The summed E-state index contributed by atoms with van der Waals surface area (Å²) in [6.07, 6.45) is 0. The van der Waals surface area contributed by atoms with Gasteiger partial charge < -0.3 is 16.4 Å². The van der Waals surface area contributed by atoms with Crippen LogP contribution in [0.2, 0.25) is 0 Å². The predicted octanol–water partition coefficient (Wildman–Crippen LogP) is 2.78. The van der Waals surface area contributed by atoms with Gasteiger partial charge in [-0.15, -0.1) is 0 Å². The van der Waals surface area contributed by atoms with E-state index in [0.717, 1.165) is 5.56 Å². The molecule has 0 aromatic heterocycles. The van der Waals surface area contributed by atoms with Crippen molar-refractivity contribution in [3.8, 4) is 11.8 Å². The lowest BCUT2D eigenvalue weighted by Gasteiger charge is -2.08. The fourth-order valence-corrected chi connectivity index (χ4v) is 1.69. The van der Waals surface area contributed by atoms with Crippen LogP contribution in [0.1, 0.15) is 5.56 Å². The highest BCUT2D eigenvalue weighted by atomic mass is 19.1. The van der Waals surface area contributed by atoms with Gasteiger partial charge in [0, 0.05) is 16.9 Å². The highest BCUT2D eigenvalue weighted by molar-refractivity contribution is 5.99.